The summed E-state index contributed by atoms with van der Waals surface area (Å²) in [6.07, 6.45) is 3.72. The van der Waals surface area contributed by atoms with Crippen LogP contribution in [-0.2, 0) is 6.42 Å². The molecule has 0 bridgehead atoms. The monoisotopic (exact) mass is 399 g/mol. The van der Waals surface area contributed by atoms with Crippen LogP contribution in [0.25, 0.3) is 0 Å². The Hall–Kier alpha value is -2.81. The smallest absolute Gasteiger partial charge is 0.255 e. The zero-order chi connectivity index (χ0) is 19.3. The lowest BCUT2D eigenvalue weighted by molar-refractivity contribution is 0.174. The minimum Gasteiger partial charge on any atom is -0.454 e. The summed E-state index contributed by atoms with van der Waals surface area (Å²) < 4.78 is 10.7. The lowest BCUT2D eigenvalue weighted by Gasteiger charge is -2.09. The van der Waals surface area contributed by atoms with Crippen LogP contribution < -0.4 is 20.3 Å². The summed E-state index contributed by atoms with van der Waals surface area (Å²) in [6, 6.07) is 5.87. The van der Waals surface area contributed by atoms with Crippen LogP contribution in [0.15, 0.2) is 39.2 Å². The number of ether oxygens (including phenoxy) is 2. The van der Waals surface area contributed by atoms with Gasteiger partial charge in [-0.2, -0.15) is 11.8 Å². The van der Waals surface area contributed by atoms with Gasteiger partial charge in [-0.15, -0.1) is 0 Å². The van der Waals surface area contributed by atoms with Crippen molar-refractivity contribution in [3.63, 3.8) is 0 Å². The van der Waals surface area contributed by atoms with E-state index in [1.54, 1.807) is 24.3 Å². The Morgan fingerprint density at radius 1 is 1.32 bits per heavy atom. The van der Waals surface area contributed by atoms with Gasteiger partial charge in [-0.1, -0.05) is 6.07 Å². The number of aromatic amines is 1. The van der Waals surface area contributed by atoms with Gasteiger partial charge < -0.3 is 14.8 Å². The molecule has 0 saturated carbocycles. The average molecular weight is 399 g/mol. The number of anilines is 1. The van der Waals surface area contributed by atoms with Gasteiger partial charge in [0.05, 0.1) is 6.04 Å². The van der Waals surface area contributed by atoms with E-state index in [9.17, 15) is 4.79 Å². The molecular weight excluding hydrogens is 378 g/mol. The normalized spacial score (nSPS) is 17.0. The lowest BCUT2D eigenvalue weighted by atomic mass is 10.1. The molecule has 1 atom stereocenters. The number of H-pyrrole nitrogens is 1. The predicted molar refractivity (Wildman–Crippen MR) is 111 cm³/mol. The number of thioether (sulfide) groups is 1. The Kier molecular flexibility index (Phi) is 5.61. The van der Waals surface area contributed by atoms with Gasteiger partial charge in [0.25, 0.3) is 5.56 Å². The molecule has 0 fully saturated rings. The van der Waals surface area contributed by atoms with Crippen LogP contribution in [0.2, 0.25) is 0 Å². The van der Waals surface area contributed by atoms with Crippen molar-refractivity contribution >= 4 is 29.8 Å². The van der Waals surface area contributed by atoms with E-state index in [0.29, 0.717) is 30.2 Å². The highest BCUT2D eigenvalue weighted by atomic mass is 32.2. The van der Waals surface area contributed by atoms with Gasteiger partial charge in [0.1, 0.15) is 6.34 Å². The number of nitrogens with zero attached hydrogens (tertiary/aromatic N) is 3. The third kappa shape index (κ3) is 4.36. The first-order valence-corrected chi connectivity index (χ1v) is 10.2. The summed E-state index contributed by atoms with van der Waals surface area (Å²) >= 11 is 1.79. The molecular formula is C19H21N5O3S. The second kappa shape index (κ2) is 8.47. The van der Waals surface area contributed by atoms with Crippen LogP contribution >= 0.6 is 11.8 Å². The molecule has 2 N–H and O–H groups in total. The van der Waals surface area contributed by atoms with Gasteiger partial charge in [0, 0.05) is 41.9 Å². The minimum absolute atomic E-state index is 0.144. The molecule has 2 aliphatic heterocycles. The standard InChI is InChI=1S/C19H21N5O3S/c1-12-15(23-10-22-12)9-28-5-4-20-19-21-8-14(18(25)24-19)6-13-2-3-16-17(7-13)27-11-26-16/h2-3,7-8,10,15H,4-6,9,11H2,1H3,(H2,20,21,24,25). The maximum atomic E-state index is 12.4. The van der Waals surface area contributed by atoms with E-state index in [2.05, 4.69) is 25.3 Å². The van der Waals surface area contributed by atoms with Crippen LogP contribution in [0.1, 0.15) is 18.1 Å². The molecule has 1 aromatic heterocycles. The van der Waals surface area contributed by atoms with Crippen molar-refractivity contribution in [3.05, 3.63) is 45.9 Å². The molecule has 9 heteroatoms. The summed E-state index contributed by atoms with van der Waals surface area (Å²) in [5, 5.41) is 3.15. The zero-order valence-electron chi connectivity index (χ0n) is 15.5. The van der Waals surface area contributed by atoms with E-state index in [-0.39, 0.29) is 18.4 Å². The van der Waals surface area contributed by atoms with Crippen LogP contribution in [-0.4, -0.2) is 52.9 Å². The minimum atomic E-state index is -0.144. The number of fused-ring (bicyclic) bond motifs is 1. The number of hydrogen-bond donors (Lipinski definition) is 2. The Bertz CT molecular complexity index is 972. The fraction of sp³-hybridized carbons (Fsp3) is 0.368. The Morgan fingerprint density at radius 3 is 3.04 bits per heavy atom. The molecule has 0 spiro atoms. The molecule has 2 aliphatic rings. The third-order valence-corrected chi connectivity index (χ3v) is 5.55. The molecule has 2 aromatic rings. The number of hydrogen-bond acceptors (Lipinski definition) is 8. The molecule has 8 nitrogen and oxygen atoms in total. The second-order valence-electron chi connectivity index (χ2n) is 6.50. The molecule has 1 aromatic carbocycles. The maximum Gasteiger partial charge on any atom is 0.255 e. The van der Waals surface area contributed by atoms with E-state index >= 15 is 0 Å². The van der Waals surface area contributed by atoms with Gasteiger partial charge in [0.15, 0.2) is 11.5 Å². The van der Waals surface area contributed by atoms with Crippen LogP contribution in [0.5, 0.6) is 11.5 Å². The van der Waals surface area contributed by atoms with E-state index in [1.807, 2.05) is 25.1 Å². The van der Waals surface area contributed by atoms with Crippen molar-refractivity contribution < 1.29 is 9.47 Å². The maximum absolute atomic E-state index is 12.4. The molecule has 1 unspecified atom stereocenters. The van der Waals surface area contributed by atoms with E-state index < -0.39 is 0 Å². The van der Waals surface area contributed by atoms with Crippen molar-refractivity contribution in [2.75, 3.05) is 30.2 Å². The SMILES string of the molecule is CC1=NC=NC1CSCCNc1ncc(Cc2ccc3c(c2)OCO3)c(=O)[nH]1. The molecule has 3 heterocycles. The van der Waals surface area contributed by atoms with Crippen molar-refractivity contribution in [3.8, 4) is 11.5 Å². The number of rotatable bonds is 8. The summed E-state index contributed by atoms with van der Waals surface area (Å²) in [7, 11) is 0. The summed E-state index contributed by atoms with van der Waals surface area (Å²) in [6.45, 7) is 2.94. The highest BCUT2D eigenvalue weighted by Gasteiger charge is 2.15. The largest absolute Gasteiger partial charge is 0.454 e. The first-order chi connectivity index (χ1) is 13.7. The Morgan fingerprint density at radius 2 is 2.21 bits per heavy atom. The first-order valence-electron chi connectivity index (χ1n) is 9.03. The Balaban J connectivity index is 1.26. The van der Waals surface area contributed by atoms with Gasteiger partial charge in [-0.25, -0.2) is 9.98 Å². The highest BCUT2D eigenvalue weighted by molar-refractivity contribution is 7.99. The first kappa shape index (κ1) is 18.5. The predicted octanol–water partition coefficient (Wildman–Crippen LogP) is 2.11. The van der Waals surface area contributed by atoms with E-state index in [0.717, 1.165) is 28.5 Å². The molecule has 0 aliphatic carbocycles. The quantitative estimate of drug-likeness (QED) is 0.660. The lowest BCUT2D eigenvalue weighted by Crippen LogP contribution is -2.19. The average Bonchev–Trinajstić information content (AvgIpc) is 3.32. The molecule has 28 heavy (non-hydrogen) atoms. The Labute approximate surface area is 166 Å². The zero-order valence-corrected chi connectivity index (χ0v) is 16.3. The van der Waals surface area contributed by atoms with Gasteiger partial charge in [-0.3, -0.25) is 14.8 Å². The van der Waals surface area contributed by atoms with E-state index in [1.165, 1.54) is 0 Å². The topological polar surface area (TPSA) is 101 Å². The van der Waals surface area contributed by atoms with Crippen LogP contribution in [0.4, 0.5) is 5.95 Å². The fourth-order valence-corrected chi connectivity index (χ4v) is 3.87. The van der Waals surface area contributed by atoms with Crippen molar-refractivity contribution in [1.29, 1.82) is 0 Å². The molecule has 0 radical (unpaired) electrons. The van der Waals surface area contributed by atoms with Crippen molar-refractivity contribution in [2.45, 2.75) is 19.4 Å². The van der Waals surface area contributed by atoms with Crippen LogP contribution in [0.3, 0.4) is 0 Å². The number of nitrogens with one attached hydrogen (secondary N) is 2. The fourth-order valence-electron chi connectivity index (χ4n) is 2.91. The van der Waals surface area contributed by atoms with Gasteiger partial charge >= 0.3 is 0 Å². The molecule has 0 amide bonds. The van der Waals surface area contributed by atoms with Gasteiger partial charge in [-0.05, 0) is 24.6 Å². The number of benzene rings is 1. The van der Waals surface area contributed by atoms with Crippen molar-refractivity contribution in [1.82, 2.24) is 9.97 Å². The number of aromatic nitrogens is 2. The highest BCUT2D eigenvalue weighted by Crippen LogP contribution is 2.32. The third-order valence-electron chi connectivity index (χ3n) is 4.51. The summed E-state index contributed by atoms with van der Waals surface area (Å²) in [4.78, 5) is 27.9. The molecule has 4 rings (SSSR count). The second-order valence-corrected chi connectivity index (χ2v) is 7.65. The molecule has 0 saturated heterocycles. The van der Waals surface area contributed by atoms with Gasteiger partial charge in [0.2, 0.25) is 12.7 Å². The summed E-state index contributed by atoms with van der Waals surface area (Å²) in [5.74, 6) is 3.72. The summed E-state index contributed by atoms with van der Waals surface area (Å²) in [5.41, 5.74) is 2.49. The van der Waals surface area contributed by atoms with E-state index in [4.69, 9.17) is 9.47 Å². The number of aliphatic imine (C=N–C) groups is 2. The molecule has 146 valence electrons. The van der Waals surface area contributed by atoms with Crippen molar-refractivity contribution in [2.24, 2.45) is 9.98 Å². The van der Waals surface area contributed by atoms with Crippen LogP contribution in [0, 0.1) is 0 Å².